The predicted molar refractivity (Wildman–Crippen MR) is 246 cm³/mol. The lowest BCUT2D eigenvalue weighted by Crippen LogP contribution is -2.12. The van der Waals surface area contributed by atoms with Crippen LogP contribution in [0.1, 0.15) is 79.8 Å². The van der Waals surface area contributed by atoms with Crippen LogP contribution >= 0.6 is 11.8 Å². The first-order valence-corrected chi connectivity index (χ1v) is 22.2. The Kier molecular flexibility index (Phi) is 21.3. The molecule has 1 heterocycles. The minimum atomic E-state index is -0.408. The fraction of sp³-hybridized carbons (Fsp3) is 0.373. The third-order valence-electron chi connectivity index (χ3n) is 10.3. The molecule has 12 nitrogen and oxygen atoms in total. The fourth-order valence-electron chi connectivity index (χ4n) is 6.92. The molecule has 5 aromatic carbocycles. The minimum Gasteiger partial charge on any atom is -0.497 e. The molecule has 0 amide bonds. The van der Waals surface area contributed by atoms with E-state index < -0.39 is 5.97 Å². The SMILES string of the molecule is COCOc1ccc(CCCCOCc2ccc(OC)cc2)c(CSc2ccccc2)c1C(=O)OC.COCOc1ccc(CCCCOCc2ccc(OC)cc2)c2c1C(=O)OC2. The van der Waals surface area contributed by atoms with Gasteiger partial charge in [-0.2, -0.15) is 0 Å². The summed E-state index contributed by atoms with van der Waals surface area (Å²) in [6, 6.07) is 33.6. The first-order chi connectivity index (χ1) is 31.4. The molecule has 0 atom stereocenters. The van der Waals surface area contributed by atoms with Gasteiger partial charge in [0.1, 0.15) is 40.7 Å². The van der Waals surface area contributed by atoms with E-state index in [-0.39, 0.29) is 19.6 Å². The number of methoxy groups -OCH3 is 5. The number of ether oxygens (including phenoxy) is 10. The van der Waals surface area contributed by atoms with E-state index >= 15 is 0 Å². The summed E-state index contributed by atoms with van der Waals surface area (Å²) in [7, 11) is 7.80. The summed E-state index contributed by atoms with van der Waals surface area (Å²) < 4.78 is 53.5. The highest BCUT2D eigenvalue weighted by molar-refractivity contribution is 7.98. The zero-order valence-electron chi connectivity index (χ0n) is 37.5. The van der Waals surface area contributed by atoms with Gasteiger partial charge in [0.15, 0.2) is 13.6 Å². The van der Waals surface area contributed by atoms with Crippen LogP contribution in [0.2, 0.25) is 0 Å². The summed E-state index contributed by atoms with van der Waals surface area (Å²) in [4.78, 5) is 25.9. The van der Waals surface area contributed by atoms with Crippen molar-refractivity contribution in [3.63, 3.8) is 0 Å². The zero-order chi connectivity index (χ0) is 45.4. The molecule has 0 saturated heterocycles. The molecule has 5 aromatic rings. The molecule has 1 aliphatic heterocycles. The van der Waals surface area contributed by atoms with Gasteiger partial charge in [-0.15, -0.1) is 11.8 Å². The van der Waals surface area contributed by atoms with E-state index in [1.54, 1.807) is 40.2 Å². The van der Waals surface area contributed by atoms with Crippen LogP contribution in [0.25, 0.3) is 0 Å². The third-order valence-corrected chi connectivity index (χ3v) is 11.3. The summed E-state index contributed by atoms with van der Waals surface area (Å²) in [5, 5.41) is 0. The number of hydrogen-bond acceptors (Lipinski definition) is 13. The molecule has 64 heavy (non-hydrogen) atoms. The number of hydrogen-bond donors (Lipinski definition) is 0. The van der Waals surface area contributed by atoms with E-state index in [0.717, 1.165) is 88.3 Å². The van der Waals surface area contributed by atoms with Gasteiger partial charge >= 0.3 is 11.9 Å². The Morgan fingerprint density at radius 1 is 0.625 bits per heavy atom. The third kappa shape index (κ3) is 15.3. The van der Waals surface area contributed by atoms with Gasteiger partial charge in [-0.05, 0) is 115 Å². The number of aryl methyl sites for hydroxylation is 2. The summed E-state index contributed by atoms with van der Waals surface area (Å²) >= 11 is 1.68. The smallest absolute Gasteiger partial charge is 0.342 e. The van der Waals surface area contributed by atoms with Gasteiger partial charge in [0.25, 0.3) is 0 Å². The predicted octanol–water partition coefficient (Wildman–Crippen LogP) is 10.2. The van der Waals surface area contributed by atoms with Crippen molar-refractivity contribution in [1.82, 2.24) is 0 Å². The molecule has 0 spiro atoms. The zero-order valence-corrected chi connectivity index (χ0v) is 38.3. The maximum atomic E-state index is 12.8. The van der Waals surface area contributed by atoms with Crippen LogP contribution in [0.5, 0.6) is 23.0 Å². The average molecular weight is 897 g/mol. The highest BCUT2D eigenvalue weighted by Gasteiger charge is 2.28. The van der Waals surface area contributed by atoms with Gasteiger partial charge in [-0.3, -0.25) is 0 Å². The number of esters is 2. The van der Waals surface area contributed by atoms with Gasteiger partial charge in [0.2, 0.25) is 0 Å². The molecule has 0 bridgehead atoms. The van der Waals surface area contributed by atoms with Crippen molar-refractivity contribution in [2.75, 3.05) is 62.3 Å². The van der Waals surface area contributed by atoms with Crippen LogP contribution in [0.15, 0.2) is 108 Å². The summed E-state index contributed by atoms with van der Waals surface area (Å²) in [5.41, 5.74) is 7.34. The molecule has 0 unspecified atom stereocenters. The van der Waals surface area contributed by atoms with Gasteiger partial charge in [0.05, 0.1) is 34.5 Å². The number of fused-ring (bicyclic) bond motifs is 1. The average Bonchev–Trinajstić information content (AvgIpc) is 3.74. The molecule has 0 N–H and O–H groups in total. The van der Waals surface area contributed by atoms with Crippen molar-refractivity contribution in [2.45, 2.75) is 69.0 Å². The van der Waals surface area contributed by atoms with E-state index in [4.69, 9.17) is 47.4 Å². The molecular weight excluding hydrogens is 837 g/mol. The van der Waals surface area contributed by atoms with Crippen molar-refractivity contribution in [3.05, 3.63) is 148 Å². The molecular formula is C51H60O12S. The second kappa shape index (κ2) is 27.6. The second-order valence-corrected chi connectivity index (χ2v) is 15.7. The van der Waals surface area contributed by atoms with Gasteiger partial charge in [-0.1, -0.05) is 54.6 Å². The van der Waals surface area contributed by atoms with Crippen LogP contribution in [0.4, 0.5) is 0 Å². The highest BCUT2D eigenvalue weighted by atomic mass is 32.2. The highest BCUT2D eigenvalue weighted by Crippen LogP contribution is 2.34. The molecule has 6 rings (SSSR count). The second-order valence-electron chi connectivity index (χ2n) is 14.6. The fourth-order valence-corrected chi connectivity index (χ4v) is 7.91. The molecule has 0 fully saturated rings. The number of carbonyl (C=O) groups excluding carboxylic acids is 2. The quantitative estimate of drug-likeness (QED) is 0.0226. The maximum Gasteiger partial charge on any atom is 0.342 e. The lowest BCUT2D eigenvalue weighted by molar-refractivity contribution is 0.0454. The number of cyclic esters (lactones) is 1. The Morgan fingerprint density at radius 2 is 1.17 bits per heavy atom. The summed E-state index contributed by atoms with van der Waals surface area (Å²) in [6.45, 7) is 2.98. The first kappa shape index (κ1) is 49.4. The number of carbonyl (C=O) groups is 2. The molecule has 342 valence electrons. The van der Waals surface area contributed by atoms with E-state index in [0.29, 0.717) is 61.4 Å². The normalized spacial score (nSPS) is 11.5. The van der Waals surface area contributed by atoms with Gasteiger partial charge in [-0.25, -0.2) is 9.59 Å². The Labute approximate surface area is 381 Å². The molecule has 0 aromatic heterocycles. The van der Waals surface area contributed by atoms with Crippen LogP contribution in [0, 0.1) is 0 Å². The van der Waals surface area contributed by atoms with E-state index in [2.05, 4.69) is 12.1 Å². The summed E-state index contributed by atoms with van der Waals surface area (Å²) in [5.74, 6) is 2.56. The molecule has 0 aliphatic carbocycles. The monoisotopic (exact) mass is 896 g/mol. The Morgan fingerprint density at radius 3 is 1.73 bits per heavy atom. The van der Waals surface area contributed by atoms with Crippen molar-refractivity contribution in [2.24, 2.45) is 0 Å². The van der Waals surface area contributed by atoms with Gasteiger partial charge < -0.3 is 47.4 Å². The Balaban J connectivity index is 0.000000248. The van der Waals surface area contributed by atoms with Crippen molar-refractivity contribution in [3.8, 4) is 23.0 Å². The van der Waals surface area contributed by atoms with E-state index in [9.17, 15) is 9.59 Å². The summed E-state index contributed by atoms with van der Waals surface area (Å²) in [6.07, 6.45) is 5.46. The topological polar surface area (TPSA) is 126 Å². The van der Waals surface area contributed by atoms with E-state index in [1.807, 2.05) is 91.0 Å². The largest absolute Gasteiger partial charge is 0.497 e. The number of rotatable bonds is 26. The van der Waals surface area contributed by atoms with Crippen molar-refractivity contribution < 1.29 is 57.0 Å². The number of benzene rings is 5. The Hall–Kier alpha value is -5.57. The van der Waals surface area contributed by atoms with Crippen LogP contribution in [0.3, 0.4) is 0 Å². The number of thioether (sulfide) groups is 1. The van der Waals surface area contributed by atoms with Crippen molar-refractivity contribution >= 4 is 23.7 Å². The van der Waals surface area contributed by atoms with Crippen LogP contribution in [-0.4, -0.2) is 74.3 Å². The first-order valence-electron chi connectivity index (χ1n) is 21.3. The molecule has 0 radical (unpaired) electrons. The number of unbranched alkanes of at least 4 members (excludes halogenated alkanes) is 2. The van der Waals surface area contributed by atoms with E-state index in [1.165, 1.54) is 7.11 Å². The van der Waals surface area contributed by atoms with Crippen molar-refractivity contribution in [1.29, 1.82) is 0 Å². The minimum absolute atomic E-state index is 0.0557. The molecule has 0 saturated carbocycles. The molecule has 13 heteroatoms. The molecule has 1 aliphatic rings. The lowest BCUT2D eigenvalue weighted by atomic mass is 9.97. The van der Waals surface area contributed by atoms with Crippen LogP contribution in [-0.2, 0) is 66.8 Å². The standard InChI is InChI=1S/C29H34O6S.C22H26O6/c1-31-21-35-27-17-14-23(9-7-8-18-34-19-22-12-15-24(32-2)16-13-22)26(28(27)29(30)33-3)20-36-25-10-5-4-6-11-25;1-24-15-28-20-11-8-17(19-14-27-22(23)21(19)20)5-3-4-12-26-13-16-6-9-18(25-2)10-7-16/h4-6,10-17H,7-9,18-21H2,1-3H3;6-11H,3-5,12-15H2,1-2H3. The Bertz CT molecular complexity index is 2160. The lowest BCUT2D eigenvalue weighted by Gasteiger charge is -2.18. The van der Waals surface area contributed by atoms with Gasteiger partial charge in [0, 0.05) is 43.6 Å². The maximum absolute atomic E-state index is 12.8. The van der Waals surface area contributed by atoms with Crippen LogP contribution < -0.4 is 18.9 Å².